The molecule has 0 saturated heterocycles. The molecule has 4 N–H and O–H groups in total. The van der Waals surface area contributed by atoms with E-state index in [9.17, 15) is 20.1 Å². The SMILES string of the molecule is CCCCC[C@H](O)C=CC1[C@H](O)C[C@H](O)[C@@H]1CCCCCCC(=O)O. The van der Waals surface area contributed by atoms with Crippen molar-refractivity contribution in [3.63, 3.8) is 0 Å². The molecule has 0 aromatic rings. The molecule has 0 radical (unpaired) electrons. The van der Waals surface area contributed by atoms with Crippen LogP contribution in [-0.4, -0.2) is 44.7 Å². The minimum absolute atomic E-state index is 0.0218. The van der Waals surface area contributed by atoms with Crippen LogP contribution in [0.3, 0.4) is 0 Å². The topological polar surface area (TPSA) is 98.0 Å². The third-order valence-corrected chi connectivity index (χ3v) is 5.25. The summed E-state index contributed by atoms with van der Waals surface area (Å²) in [7, 11) is 0. The fourth-order valence-electron chi connectivity index (χ4n) is 3.74. The van der Waals surface area contributed by atoms with Crippen molar-refractivity contribution >= 4 is 5.97 Å². The average molecular weight is 357 g/mol. The Hall–Kier alpha value is -0.910. The first-order valence-corrected chi connectivity index (χ1v) is 9.90. The lowest BCUT2D eigenvalue weighted by molar-refractivity contribution is -0.137. The first kappa shape index (κ1) is 22.1. The molecule has 0 aromatic heterocycles. The number of aliphatic carboxylic acids is 1. The quantitative estimate of drug-likeness (QED) is 0.300. The fraction of sp³-hybridized carbons (Fsp3) is 0.850. The van der Waals surface area contributed by atoms with Gasteiger partial charge in [0.1, 0.15) is 0 Å². The average Bonchev–Trinajstić information content (AvgIpc) is 2.82. The van der Waals surface area contributed by atoms with Crippen molar-refractivity contribution in [2.75, 3.05) is 0 Å². The van der Waals surface area contributed by atoms with Crippen LogP contribution in [0, 0.1) is 11.8 Å². The predicted molar refractivity (Wildman–Crippen MR) is 98.2 cm³/mol. The van der Waals surface area contributed by atoms with E-state index in [0.717, 1.165) is 51.4 Å². The summed E-state index contributed by atoms with van der Waals surface area (Å²) in [6.45, 7) is 2.13. The molecule has 1 unspecified atom stereocenters. The second-order valence-electron chi connectivity index (χ2n) is 7.41. The third-order valence-electron chi connectivity index (χ3n) is 5.25. The van der Waals surface area contributed by atoms with E-state index in [1.54, 1.807) is 6.08 Å². The second kappa shape index (κ2) is 12.4. The van der Waals surface area contributed by atoms with Crippen molar-refractivity contribution < 1.29 is 25.2 Å². The van der Waals surface area contributed by atoms with E-state index >= 15 is 0 Å². The molecule has 0 aromatic carbocycles. The molecule has 0 heterocycles. The zero-order valence-corrected chi connectivity index (χ0v) is 15.5. The van der Waals surface area contributed by atoms with E-state index in [2.05, 4.69) is 6.92 Å². The fourth-order valence-corrected chi connectivity index (χ4v) is 3.74. The maximum absolute atomic E-state index is 10.5. The normalized spacial score (nSPS) is 27.8. The second-order valence-corrected chi connectivity index (χ2v) is 7.41. The highest BCUT2D eigenvalue weighted by Gasteiger charge is 2.39. The molecule has 5 nitrogen and oxygen atoms in total. The predicted octanol–water partition coefficient (Wildman–Crippen LogP) is 3.27. The van der Waals surface area contributed by atoms with Gasteiger partial charge in [-0.15, -0.1) is 0 Å². The molecule has 0 bridgehead atoms. The standard InChI is InChI=1S/C20H36O5/c1-2-3-6-9-15(21)12-13-17-16(18(22)14-19(17)23)10-7-4-5-8-11-20(24)25/h12-13,15-19,21-23H,2-11,14H2,1H3,(H,24,25)/t15-,16+,17?,18-,19+/m0/s1. The summed E-state index contributed by atoms with van der Waals surface area (Å²) in [5.41, 5.74) is 0. The van der Waals surface area contributed by atoms with Crippen molar-refractivity contribution in [3.8, 4) is 0 Å². The van der Waals surface area contributed by atoms with Gasteiger partial charge in [0.05, 0.1) is 18.3 Å². The largest absolute Gasteiger partial charge is 0.481 e. The highest BCUT2D eigenvalue weighted by Crippen LogP contribution is 2.37. The summed E-state index contributed by atoms with van der Waals surface area (Å²) in [6, 6.07) is 0. The number of carboxylic acids is 1. The molecule has 1 saturated carbocycles. The van der Waals surface area contributed by atoms with Gasteiger partial charge in [-0.1, -0.05) is 57.6 Å². The van der Waals surface area contributed by atoms with Gasteiger partial charge in [-0.05, 0) is 25.2 Å². The van der Waals surface area contributed by atoms with Gasteiger partial charge >= 0.3 is 5.97 Å². The van der Waals surface area contributed by atoms with Gasteiger partial charge < -0.3 is 20.4 Å². The Morgan fingerprint density at radius 3 is 2.48 bits per heavy atom. The van der Waals surface area contributed by atoms with Crippen molar-refractivity contribution in [2.24, 2.45) is 11.8 Å². The summed E-state index contributed by atoms with van der Waals surface area (Å²) in [5, 5.41) is 39.0. The monoisotopic (exact) mass is 356 g/mol. The third kappa shape index (κ3) is 8.84. The molecular formula is C20H36O5. The number of hydrogen-bond acceptors (Lipinski definition) is 4. The Balaban J connectivity index is 2.38. The summed E-state index contributed by atoms with van der Waals surface area (Å²) < 4.78 is 0. The summed E-state index contributed by atoms with van der Waals surface area (Å²) >= 11 is 0. The number of carbonyl (C=O) groups is 1. The van der Waals surface area contributed by atoms with Crippen molar-refractivity contribution in [1.82, 2.24) is 0 Å². The van der Waals surface area contributed by atoms with Gasteiger partial charge in [-0.25, -0.2) is 0 Å². The van der Waals surface area contributed by atoms with E-state index < -0.39 is 24.3 Å². The van der Waals surface area contributed by atoms with Crippen molar-refractivity contribution in [3.05, 3.63) is 12.2 Å². The van der Waals surface area contributed by atoms with Crippen molar-refractivity contribution in [1.29, 1.82) is 0 Å². The van der Waals surface area contributed by atoms with E-state index in [0.29, 0.717) is 12.8 Å². The lowest BCUT2D eigenvalue weighted by atomic mass is 9.88. The van der Waals surface area contributed by atoms with Gasteiger partial charge in [-0.2, -0.15) is 0 Å². The van der Waals surface area contributed by atoms with Crippen LogP contribution < -0.4 is 0 Å². The molecule has 1 aliphatic rings. The molecule has 1 rings (SSSR count). The molecular weight excluding hydrogens is 320 g/mol. The Kier molecular flexibility index (Phi) is 11.0. The van der Waals surface area contributed by atoms with Crippen LogP contribution in [0.15, 0.2) is 12.2 Å². The zero-order valence-electron chi connectivity index (χ0n) is 15.5. The molecule has 1 aliphatic carbocycles. The molecule has 0 spiro atoms. The van der Waals surface area contributed by atoms with E-state index in [-0.39, 0.29) is 18.3 Å². The van der Waals surface area contributed by atoms with Crippen molar-refractivity contribution in [2.45, 2.75) is 95.9 Å². The minimum Gasteiger partial charge on any atom is -0.481 e. The molecule has 25 heavy (non-hydrogen) atoms. The Labute approximate surface area is 151 Å². The number of rotatable bonds is 13. The van der Waals surface area contributed by atoms with Crippen LogP contribution in [-0.2, 0) is 4.79 Å². The van der Waals surface area contributed by atoms with Crippen LogP contribution in [0.5, 0.6) is 0 Å². The lowest BCUT2D eigenvalue weighted by Crippen LogP contribution is -2.21. The Morgan fingerprint density at radius 2 is 1.80 bits per heavy atom. The number of unbranched alkanes of at least 4 members (excludes halogenated alkanes) is 5. The smallest absolute Gasteiger partial charge is 0.303 e. The Bertz CT molecular complexity index is 396. The number of carboxylic acid groups (broad SMARTS) is 1. The molecule has 0 amide bonds. The van der Waals surface area contributed by atoms with E-state index in [4.69, 9.17) is 5.11 Å². The molecule has 5 atom stereocenters. The van der Waals surface area contributed by atoms with Gasteiger partial charge in [0.15, 0.2) is 0 Å². The number of aliphatic hydroxyl groups is 3. The van der Waals surface area contributed by atoms with E-state index in [1.165, 1.54) is 0 Å². The maximum atomic E-state index is 10.5. The lowest BCUT2D eigenvalue weighted by Gasteiger charge is -2.21. The molecule has 146 valence electrons. The molecule has 0 aliphatic heterocycles. The maximum Gasteiger partial charge on any atom is 0.303 e. The van der Waals surface area contributed by atoms with Gasteiger partial charge in [0.25, 0.3) is 0 Å². The van der Waals surface area contributed by atoms with Crippen LogP contribution in [0.2, 0.25) is 0 Å². The van der Waals surface area contributed by atoms with Gasteiger partial charge in [0.2, 0.25) is 0 Å². The first-order chi connectivity index (χ1) is 12.0. The van der Waals surface area contributed by atoms with E-state index in [1.807, 2.05) is 6.08 Å². The molecule has 5 heteroatoms. The zero-order chi connectivity index (χ0) is 18.7. The van der Waals surface area contributed by atoms with Gasteiger partial charge in [-0.3, -0.25) is 4.79 Å². The van der Waals surface area contributed by atoms with Crippen LogP contribution >= 0.6 is 0 Å². The highest BCUT2D eigenvalue weighted by atomic mass is 16.4. The highest BCUT2D eigenvalue weighted by molar-refractivity contribution is 5.66. The molecule has 1 fully saturated rings. The Morgan fingerprint density at radius 1 is 1.08 bits per heavy atom. The number of hydrogen-bond donors (Lipinski definition) is 4. The van der Waals surface area contributed by atoms with Crippen LogP contribution in [0.4, 0.5) is 0 Å². The summed E-state index contributed by atoms with van der Waals surface area (Å²) in [5.74, 6) is -0.833. The first-order valence-electron chi connectivity index (χ1n) is 9.90. The van der Waals surface area contributed by atoms with Crippen LogP contribution in [0.25, 0.3) is 0 Å². The van der Waals surface area contributed by atoms with Crippen LogP contribution in [0.1, 0.15) is 77.6 Å². The number of aliphatic hydroxyl groups excluding tert-OH is 3. The minimum atomic E-state index is -0.753. The summed E-state index contributed by atoms with van der Waals surface area (Å²) in [4.78, 5) is 10.5. The van der Waals surface area contributed by atoms with Gasteiger partial charge in [0, 0.05) is 18.8 Å². The summed E-state index contributed by atoms with van der Waals surface area (Å²) in [6.07, 6.45) is 11.0.